The number of hydrogen-bond donors (Lipinski definition) is 2. The van der Waals surface area contributed by atoms with Gasteiger partial charge in [-0.05, 0) is 30.5 Å². The Balaban J connectivity index is 1.41. The van der Waals surface area contributed by atoms with Gasteiger partial charge in [0, 0.05) is 18.6 Å². The molecular weight excluding hydrogens is 418 g/mol. The summed E-state index contributed by atoms with van der Waals surface area (Å²) in [7, 11) is 1.65. The summed E-state index contributed by atoms with van der Waals surface area (Å²) in [4.78, 5) is 19.4. The van der Waals surface area contributed by atoms with Crippen LogP contribution in [0.4, 0.5) is 5.69 Å². The third-order valence-electron chi connectivity index (χ3n) is 6.23. The van der Waals surface area contributed by atoms with Gasteiger partial charge in [-0.25, -0.2) is 4.99 Å². The Morgan fingerprint density at radius 3 is 2.58 bits per heavy atom. The minimum Gasteiger partial charge on any atom is -0.492 e. The van der Waals surface area contributed by atoms with Crippen molar-refractivity contribution in [1.29, 1.82) is 0 Å². The highest BCUT2D eigenvalue weighted by molar-refractivity contribution is 6.08. The van der Waals surface area contributed by atoms with Crippen LogP contribution in [-0.2, 0) is 17.8 Å². The summed E-state index contributed by atoms with van der Waals surface area (Å²) in [6.07, 6.45) is 6.98. The molecule has 0 spiro atoms. The van der Waals surface area contributed by atoms with Gasteiger partial charge in [0.2, 0.25) is 11.9 Å². The Kier molecular flexibility index (Phi) is 7.83. The monoisotopic (exact) mass is 451 g/mol. The minimum atomic E-state index is -0.306. The van der Waals surface area contributed by atoms with Crippen molar-refractivity contribution in [2.45, 2.75) is 57.5 Å². The molecule has 0 bridgehead atoms. The van der Waals surface area contributed by atoms with Crippen LogP contribution in [0.1, 0.15) is 49.7 Å². The lowest BCUT2D eigenvalue weighted by Gasteiger charge is -2.29. The zero-order valence-corrected chi connectivity index (χ0v) is 19.3. The molecule has 0 radical (unpaired) electrons. The number of aliphatic hydroxyl groups excluding tert-OH is 1. The highest BCUT2D eigenvalue weighted by atomic mass is 16.5. The summed E-state index contributed by atoms with van der Waals surface area (Å²) in [6, 6.07) is 13.6. The predicted octanol–water partition coefficient (Wildman–Crippen LogP) is 3.95. The lowest BCUT2D eigenvalue weighted by molar-refractivity contribution is -0.121. The van der Waals surface area contributed by atoms with Gasteiger partial charge in [0.15, 0.2) is 11.5 Å². The zero-order chi connectivity index (χ0) is 23.0. The summed E-state index contributed by atoms with van der Waals surface area (Å²) >= 11 is 0. The Hall–Kier alpha value is -3.06. The molecule has 0 aromatic heterocycles. The maximum absolute atomic E-state index is 12.7. The maximum Gasteiger partial charge on any atom is 0.249 e. The van der Waals surface area contributed by atoms with E-state index >= 15 is 0 Å². The van der Waals surface area contributed by atoms with Crippen LogP contribution in [0.15, 0.2) is 47.5 Å². The van der Waals surface area contributed by atoms with Crippen molar-refractivity contribution < 1.29 is 19.4 Å². The molecule has 176 valence electrons. The molecule has 7 heteroatoms. The van der Waals surface area contributed by atoms with Crippen LogP contribution in [0.2, 0.25) is 0 Å². The lowest BCUT2D eigenvalue weighted by Crippen LogP contribution is -2.38. The van der Waals surface area contributed by atoms with Gasteiger partial charge in [-0.15, -0.1) is 0 Å². The highest BCUT2D eigenvalue weighted by Crippen LogP contribution is 2.41. The van der Waals surface area contributed by atoms with E-state index in [1.807, 2.05) is 47.4 Å². The summed E-state index contributed by atoms with van der Waals surface area (Å²) in [5, 5.41) is 11.8. The molecule has 1 atom stereocenters. The van der Waals surface area contributed by atoms with Crippen molar-refractivity contribution >= 4 is 17.6 Å². The number of unbranched alkanes of at least 4 members (excludes halogenated alkanes) is 5. The molecule has 2 heterocycles. The third-order valence-corrected chi connectivity index (χ3v) is 6.23. The fourth-order valence-corrected chi connectivity index (χ4v) is 4.45. The molecule has 2 N–H and O–H groups in total. The van der Waals surface area contributed by atoms with Crippen LogP contribution in [0.5, 0.6) is 11.5 Å². The van der Waals surface area contributed by atoms with Gasteiger partial charge in [0.1, 0.15) is 6.04 Å². The number of benzene rings is 2. The van der Waals surface area contributed by atoms with E-state index in [0.717, 1.165) is 55.3 Å². The third kappa shape index (κ3) is 5.47. The average molecular weight is 452 g/mol. The number of fused-ring (bicyclic) bond motifs is 2. The topological polar surface area (TPSA) is 83.4 Å². The Labute approximate surface area is 195 Å². The molecule has 2 aromatic rings. The van der Waals surface area contributed by atoms with Crippen molar-refractivity contribution in [3.63, 3.8) is 0 Å². The molecule has 1 unspecified atom stereocenters. The standard InChI is InChI=1S/C26H33N3O4/c1-32-24-20-18-29-22(17-19-11-7-6-8-12-19)25(31)28-26(29)27-21(20)13-14-23(24)33-16-10-5-3-2-4-9-15-30/h6-8,11-14,22,30H,2-5,9-10,15-18H2,1H3,(H,27,28,31). The van der Waals surface area contributed by atoms with Gasteiger partial charge in [0.05, 0.1) is 25.9 Å². The van der Waals surface area contributed by atoms with Crippen molar-refractivity contribution in [3.8, 4) is 11.5 Å². The summed E-state index contributed by atoms with van der Waals surface area (Å²) in [5.74, 6) is 1.98. The van der Waals surface area contributed by atoms with Crippen LogP contribution >= 0.6 is 0 Å². The molecule has 7 nitrogen and oxygen atoms in total. The first kappa shape index (κ1) is 23.1. The molecule has 1 saturated heterocycles. The Morgan fingerprint density at radius 2 is 1.82 bits per heavy atom. The number of rotatable bonds is 12. The van der Waals surface area contributed by atoms with E-state index in [0.29, 0.717) is 37.0 Å². The average Bonchev–Trinajstić information content (AvgIpc) is 3.13. The van der Waals surface area contributed by atoms with E-state index in [2.05, 4.69) is 5.32 Å². The van der Waals surface area contributed by atoms with E-state index < -0.39 is 0 Å². The smallest absolute Gasteiger partial charge is 0.249 e. The van der Waals surface area contributed by atoms with Gasteiger partial charge in [-0.2, -0.15) is 0 Å². The van der Waals surface area contributed by atoms with Crippen molar-refractivity contribution in [2.75, 3.05) is 20.3 Å². The van der Waals surface area contributed by atoms with Gasteiger partial charge in [-0.1, -0.05) is 56.0 Å². The molecule has 2 aliphatic heterocycles. The number of aliphatic hydroxyl groups is 1. The highest BCUT2D eigenvalue weighted by Gasteiger charge is 2.40. The van der Waals surface area contributed by atoms with Crippen molar-refractivity contribution in [2.24, 2.45) is 4.99 Å². The molecule has 2 aromatic carbocycles. The van der Waals surface area contributed by atoms with Crippen LogP contribution < -0.4 is 14.8 Å². The predicted molar refractivity (Wildman–Crippen MR) is 128 cm³/mol. The molecule has 4 rings (SSSR count). The zero-order valence-electron chi connectivity index (χ0n) is 19.3. The second-order valence-corrected chi connectivity index (χ2v) is 8.55. The molecule has 0 aliphatic carbocycles. The first-order valence-corrected chi connectivity index (χ1v) is 11.8. The number of nitrogens with one attached hydrogen (secondary N) is 1. The number of methoxy groups -OCH3 is 1. The molecule has 1 fully saturated rings. The molecule has 2 aliphatic rings. The Bertz CT molecular complexity index is 977. The number of guanidine groups is 1. The number of ether oxygens (including phenoxy) is 2. The number of aliphatic imine (C=N–C) groups is 1. The van der Waals surface area contributed by atoms with Crippen molar-refractivity contribution in [1.82, 2.24) is 10.2 Å². The van der Waals surface area contributed by atoms with E-state index in [-0.39, 0.29) is 18.6 Å². The maximum atomic E-state index is 12.7. The summed E-state index contributed by atoms with van der Waals surface area (Å²) in [6.45, 7) is 1.45. The van der Waals surface area contributed by atoms with Crippen molar-refractivity contribution in [3.05, 3.63) is 53.6 Å². The largest absolute Gasteiger partial charge is 0.492 e. The molecule has 33 heavy (non-hydrogen) atoms. The SMILES string of the molecule is COc1c(OCCCCCCCCO)ccc2c1CN1C(=N2)NC(=O)C1Cc1ccccc1. The van der Waals surface area contributed by atoms with Crippen LogP contribution in [0.3, 0.4) is 0 Å². The van der Waals surface area contributed by atoms with Gasteiger partial charge >= 0.3 is 0 Å². The lowest BCUT2D eigenvalue weighted by atomic mass is 10.0. The normalized spacial score (nSPS) is 16.7. The van der Waals surface area contributed by atoms with Crippen LogP contribution in [-0.4, -0.2) is 48.2 Å². The molecular formula is C26H33N3O4. The van der Waals surface area contributed by atoms with Gasteiger partial charge in [0.25, 0.3) is 0 Å². The summed E-state index contributed by atoms with van der Waals surface area (Å²) < 4.78 is 11.8. The van der Waals surface area contributed by atoms with E-state index in [1.165, 1.54) is 0 Å². The number of hydrogen-bond acceptors (Lipinski definition) is 6. The van der Waals surface area contributed by atoms with E-state index in [1.54, 1.807) is 7.11 Å². The number of amides is 1. The number of carbonyl (C=O) groups is 1. The fourth-order valence-electron chi connectivity index (χ4n) is 4.45. The second-order valence-electron chi connectivity index (χ2n) is 8.55. The first-order chi connectivity index (χ1) is 16.2. The molecule has 1 amide bonds. The quantitative estimate of drug-likeness (QED) is 0.478. The number of carbonyl (C=O) groups excluding carboxylic acids is 1. The second kappa shape index (κ2) is 11.2. The summed E-state index contributed by atoms with van der Waals surface area (Å²) in [5.41, 5.74) is 2.86. The van der Waals surface area contributed by atoms with Crippen LogP contribution in [0, 0.1) is 0 Å². The first-order valence-electron chi connectivity index (χ1n) is 11.8. The van der Waals surface area contributed by atoms with E-state index in [9.17, 15) is 4.79 Å². The van der Waals surface area contributed by atoms with Crippen LogP contribution in [0.25, 0.3) is 0 Å². The number of nitrogens with zero attached hydrogens (tertiary/aromatic N) is 2. The van der Waals surface area contributed by atoms with Gasteiger partial charge in [-0.3, -0.25) is 10.1 Å². The minimum absolute atomic E-state index is 0.0279. The van der Waals surface area contributed by atoms with Gasteiger partial charge < -0.3 is 19.5 Å². The fraction of sp³-hybridized carbons (Fsp3) is 0.462. The van der Waals surface area contributed by atoms with E-state index in [4.69, 9.17) is 19.6 Å². The Morgan fingerprint density at radius 1 is 1.06 bits per heavy atom. The molecule has 0 saturated carbocycles.